The van der Waals surface area contributed by atoms with E-state index in [1.54, 1.807) is 44.4 Å². The molecule has 1 aliphatic carbocycles. The maximum absolute atomic E-state index is 13.2. The summed E-state index contributed by atoms with van der Waals surface area (Å²) in [5, 5.41) is 40.9. The van der Waals surface area contributed by atoms with Crippen LogP contribution in [0.15, 0.2) is 30.5 Å². The number of hydrogen-bond donors (Lipinski definition) is 6. The third kappa shape index (κ3) is 6.01. The lowest BCUT2D eigenvalue weighted by molar-refractivity contribution is -0.450. The average Bonchev–Trinajstić information content (AvgIpc) is 2.88. The molecule has 1 aromatic carbocycles. The molecule has 1 saturated carbocycles. The van der Waals surface area contributed by atoms with Gasteiger partial charge in [-0.3, -0.25) is 9.78 Å². The van der Waals surface area contributed by atoms with Crippen LogP contribution in [0.5, 0.6) is 5.75 Å². The number of benzene rings is 1. The highest BCUT2D eigenvalue weighted by molar-refractivity contribution is 7.52. The number of carbonyl (C=O) groups is 1. The minimum Gasteiger partial charge on any atom is -0.425 e. The number of aromatic nitrogens is 1. The zero-order valence-electron chi connectivity index (χ0n) is 23.3. The molecule has 6 N–H and O–H groups in total. The Bertz CT molecular complexity index is 1330. The molecule has 3 heterocycles. The molecule has 226 valence electrons. The molecule has 1 amide bonds. The molecule has 13 nitrogen and oxygen atoms in total. The third-order valence-electron chi connectivity index (χ3n) is 8.13. The Morgan fingerprint density at radius 2 is 1.95 bits per heavy atom. The van der Waals surface area contributed by atoms with Gasteiger partial charge in [-0.2, -0.15) is 0 Å². The summed E-state index contributed by atoms with van der Waals surface area (Å²) in [6.07, 6.45) is -3.23. The van der Waals surface area contributed by atoms with Gasteiger partial charge in [0, 0.05) is 24.2 Å². The predicted octanol–water partition coefficient (Wildman–Crippen LogP) is 0.413. The first-order valence-corrected chi connectivity index (χ1v) is 15.8. The summed E-state index contributed by atoms with van der Waals surface area (Å²) in [5.74, 6) is -2.72. The second-order valence-corrected chi connectivity index (χ2v) is 13.0. The fourth-order valence-electron chi connectivity index (χ4n) is 6.16. The summed E-state index contributed by atoms with van der Waals surface area (Å²) in [6.45, 7) is 4.75. The zero-order valence-corrected chi connectivity index (χ0v) is 24.2. The highest BCUT2D eigenvalue weighted by Crippen LogP contribution is 2.44. The first-order valence-electron chi connectivity index (χ1n) is 13.8. The van der Waals surface area contributed by atoms with E-state index in [9.17, 15) is 29.6 Å². The molecule has 0 spiro atoms. The molecule has 3 fully saturated rings. The van der Waals surface area contributed by atoms with Crippen molar-refractivity contribution < 1.29 is 48.3 Å². The normalized spacial score (nSPS) is 38.4. The van der Waals surface area contributed by atoms with Crippen molar-refractivity contribution in [2.75, 3.05) is 13.7 Å². The van der Waals surface area contributed by atoms with Crippen LogP contribution in [0.3, 0.4) is 0 Å². The van der Waals surface area contributed by atoms with E-state index >= 15 is 0 Å². The highest BCUT2D eigenvalue weighted by Gasteiger charge is 2.63. The van der Waals surface area contributed by atoms with Crippen molar-refractivity contribution in [3.05, 3.63) is 36.2 Å². The van der Waals surface area contributed by atoms with Crippen LogP contribution in [0.1, 0.15) is 32.4 Å². The third-order valence-corrected chi connectivity index (χ3v) is 8.68. The quantitative estimate of drug-likeness (QED) is 0.242. The number of aliphatic hydroxyl groups is 3. The summed E-state index contributed by atoms with van der Waals surface area (Å²) in [4.78, 5) is 27.0. The highest BCUT2D eigenvalue weighted by atomic mass is 31.2. The van der Waals surface area contributed by atoms with Gasteiger partial charge < -0.3 is 49.6 Å². The lowest BCUT2D eigenvalue weighted by atomic mass is 9.74. The van der Waals surface area contributed by atoms with Crippen molar-refractivity contribution >= 4 is 24.3 Å². The van der Waals surface area contributed by atoms with Crippen molar-refractivity contribution in [2.45, 2.75) is 87.8 Å². The van der Waals surface area contributed by atoms with Crippen molar-refractivity contribution in [3.8, 4) is 5.75 Å². The number of fused-ring (bicyclic) bond motifs is 3. The number of rotatable bonds is 7. The van der Waals surface area contributed by atoms with Crippen LogP contribution in [0.2, 0.25) is 0 Å². The molecular weight excluding hydrogens is 557 g/mol. The van der Waals surface area contributed by atoms with E-state index in [1.165, 1.54) is 0 Å². The van der Waals surface area contributed by atoms with Gasteiger partial charge in [-0.25, -0.2) is 4.57 Å². The number of amides is 1. The number of carbonyl (C=O) groups excluding carboxylic acids is 1. The number of pyridine rings is 1. The van der Waals surface area contributed by atoms with Crippen LogP contribution in [0.25, 0.3) is 10.8 Å². The van der Waals surface area contributed by atoms with Gasteiger partial charge in [0.1, 0.15) is 18.0 Å². The summed E-state index contributed by atoms with van der Waals surface area (Å²) < 4.78 is 34.8. The molecule has 1 aromatic heterocycles. The fourth-order valence-corrected chi connectivity index (χ4v) is 6.67. The van der Waals surface area contributed by atoms with Crippen LogP contribution in [0.4, 0.5) is 0 Å². The van der Waals surface area contributed by atoms with Crippen LogP contribution in [0, 0.1) is 5.92 Å². The van der Waals surface area contributed by atoms with E-state index in [1.807, 2.05) is 6.92 Å². The molecule has 2 aromatic rings. The van der Waals surface area contributed by atoms with Gasteiger partial charge in [0.25, 0.3) is 0 Å². The summed E-state index contributed by atoms with van der Waals surface area (Å²) in [5.41, 5.74) is 0.468. The number of ether oxygens (including phenoxy) is 3. The smallest absolute Gasteiger partial charge is 0.373 e. The van der Waals surface area contributed by atoms with E-state index in [4.69, 9.17) is 18.7 Å². The molecule has 11 atom stereocenters. The monoisotopic (exact) mass is 595 g/mol. The molecule has 3 aliphatic rings. The topological polar surface area (TPSA) is 189 Å². The van der Waals surface area contributed by atoms with Gasteiger partial charge in [-0.05, 0) is 50.4 Å². The summed E-state index contributed by atoms with van der Waals surface area (Å²) in [7, 11) is -2.05. The molecule has 0 bridgehead atoms. The number of nitrogens with one attached hydrogen (secondary N) is 2. The van der Waals surface area contributed by atoms with Crippen molar-refractivity contribution in [1.29, 1.82) is 0 Å². The first-order chi connectivity index (χ1) is 19.3. The predicted molar refractivity (Wildman–Crippen MR) is 146 cm³/mol. The maximum Gasteiger partial charge on any atom is 0.373 e. The Morgan fingerprint density at radius 3 is 2.63 bits per heavy atom. The van der Waals surface area contributed by atoms with Gasteiger partial charge in [-0.15, -0.1) is 0 Å². The number of likely N-dealkylation sites (N-methyl/N-ethyl adjacent to an activating group) is 1. The van der Waals surface area contributed by atoms with Gasteiger partial charge in [0.05, 0.1) is 42.5 Å². The zero-order chi connectivity index (χ0) is 29.7. The minimum absolute atomic E-state index is 0.0941. The van der Waals surface area contributed by atoms with Gasteiger partial charge in [0.2, 0.25) is 18.0 Å². The Labute approximate surface area is 237 Å². The largest absolute Gasteiger partial charge is 0.425 e. The maximum atomic E-state index is 13.2. The van der Waals surface area contributed by atoms with Gasteiger partial charge in [-0.1, -0.05) is 13.0 Å². The van der Waals surface area contributed by atoms with E-state index < -0.39 is 74.1 Å². The molecule has 0 radical (unpaired) electrons. The lowest BCUT2D eigenvalue weighted by Crippen LogP contribution is -2.77. The number of hydrogen-bond acceptors (Lipinski definition) is 11. The lowest BCUT2D eigenvalue weighted by Gasteiger charge is -2.58. The molecular formula is C27H38N3O10P. The van der Waals surface area contributed by atoms with Crippen LogP contribution < -0.4 is 15.2 Å². The molecule has 2 saturated heterocycles. The summed E-state index contributed by atoms with van der Waals surface area (Å²) >= 11 is 0. The molecule has 14 heteroatoms. The molecule has 2 aliphatic heterocycles. The molecule has 41 heavy (non-hydrogen) atoms. The Kier molecular flexibility index (Phi) is 8.47. The molecule has 5 rings (SSSR count). The van der Waals surface area contributed by atoms with E-state index in [0.29, 0.717) is 17.5 Å². The molecule has 1 unspecified atom stereocenters. The Morgan fingerprint density at radius 1 is 1.20 bits per heavy atom. The van der Waals surface area contributed by atoms with Crippen LogP contribution in [-0.2, 0) is 30.0 Å². The van der Waals surface area contributed by atoms with Crippen molar-refractivity contribution in [3.63, 3.8) is 0 Å². The van der Waals surface area contributed by atoms with Gasteiger partial charge in [0.15, 0.2) is 0 Å². The fraction of sp³-hybridized carbons (Fsp3) is 0.630. The standard InChI is InChI=1S/C27H38N3O10P/c1-5-18-22(32)21(28-3)24-25(23(18)33)38-26-27(34,39-24)19(8-13(2)37-26)30-20(31)11-16-9-14-6-7-17(40-41(4,35)36)10-15(14)12-29-16/h6-7,9-10,12-13,18-19,21-26,28,32-34H,5,8,11H2,1-4H3,(H,30,31)(H,35,36)/t13-,18-,19-,21+,22+,23+,24-,25-,26+,27+/m1/s1. The Balaban J connectivity index is 1.32. The van der Waals surface area contributed by atoms with Crippen molar-refractivity contribution in [1.82, 2.24) is 15.6 Å². The number of nitrogens with zero attached hydrogens (tertiary/aromatic N) is 1. The van der Waals surface area contributed by atoms with E-state index in [0.717, 1.165) is 12.1 Å². The van der Waals surface area contributed by atoms with Crippen LogP contribution in [-0.4, -0.2) is 99.5 Å². The van der Waals surface area contributed by atoms with Crippen molar-refractivity contribution in [2.24, 2.45) is 5.92 Å². The minimum atomic E-state index is -3.71. The first kappa shape index (κ1) is 30.3. The SMILES string of the molecule is CC[C@@H]1[C@H](O)[C@H](NC)[C@H]2O[C@]3(O)[C@H](O[C@@H]2[C@H]1O)O[C@H](C)C[C@H]3NC(=O)Cc1cc2ccc(OP(C)(=O)O)cc2cn1. The second-order valence-electron chi connectivity index (χ2n) is 11.2. The summed E-state index contributed by atoms with van der Waals surface area (Å²) in [6, 6.07) is 5.03. The Hall–Kier alpha value is -2.19. The average molecular weight is 596 g/mol. The second kappa shape index (κ2) is 11.5. The number of aliphatic hydroxyl groups excluding tert-OH is 2. The van der Waals surface area contributed by atoms with E-state index in [2.05, 4.69) is 15.6 Å². The van der Waals surface area contributed by atoms with E-state index in [-0.39, 0.29) is 18.6 Å². The van der Waals surface area contributed by atoms with Crippen LogP contribution >= 0.6 is 7.60 Å². The van der Waals surface area contributed by atoms with Gasteiger partial charge >= 0.3 is 7.60 Å².